The second-order valence-electron chi connectivity index (χ2n) is 7.44. The third-order valence-electron chi connectivity index (χ3n) is 5.18. The van der Waals surface area contributed by atoms with Gasteiger partial charge in [0.15, 0.2) is 0 Å². The number of anilines is 1. The van der Waals surface area contributed by atoms with Gasteiger partial charge in [0, 0.05) is 45.6 Å². The SMILES string of the molecule is CN1Cc2cc(-c3ccc(-c4cncc(NSc5ccc(Cl)c(Cl)c5)c4)s3)ccc2C1=O. The summed E-state index contributed by atoms with van der Waals surface area (Å²) in [6.07, 6.45) is 3.65. The Hall–Kier alpha value is -2.51. The van der Waals surface area contributed by atoms with Crippen molar-refractivity contribution in [1.29, 1.82) is 0 Å². The Kier molecular flexibility index (Phi) is 5.86. The second kappa shape index (κ2) is 8.79. The summed E-state index contributed by atoms with van der Waals surface area (Å²) >= 11 is 15.2. The number of hydrogen-bond acceptors (Lipinski definition) is 5. The van der Waals surface area contributed by atoms with Crippen molar-refractivity contribution in [2.75, 3.05) is 11.8 Å². The molecule has 32 heavy (non-hydrogen) atoms. The highest BCUT2D eigenvalue weighted by Gasteiger charge is 2.24. The number of benzene rings is 2. The van der Waals surface area contributed by atoms with E-state index in [2.05, 4.69) is 34.0 Å². The number of aromatic nitrogens is 1. The van der Waals surface area contributed by atoms with Gasteiger partial charge < -0.3 is 9.62 Å². The van der Waals surface area contributed by atoms with Crippen LogP contribution in [0.5, 0.6) is 0 Å². The van der Waals surface area contributed by atoms with Crippen molar-refractivity contribution in [3.63, 3.8) is 0 Å². The molecule has 2 aromatic heterocycles. The van der Waals surface area contributed by atoms with E-state index in [1.165, 1.54) is 11.9 Å². The molecule has 3 heterocycles. The molecule has 2 aromatic carbocycles. The van der Waals surface area contributed by atoms with Crippen LogP contribution in [-0.2, 0) is 6.54 Å². The minimum absolute atomic E-state index is 0.0903. The molecular weight excluding hydrogens is 481 g/mol. The van der Waals surface area contributed by atoms with Crippen LogP contribution in [0.1, 0.15) is 15.9 Å². The van der Waals surface area contributed by atoms with Gasteiger partial charge in [-0.3, -0.25) is 9.78 Å². The molecule has 1 aliphatic heterocycles. The van der Waals surface area contributed by atoms with Crippen molar-refractivity contribution in [2.45, 2.75) is 11.4 Å². The molecule has 0 saturated heterocycles. The number of pyridine rings is 1. The highest BCUT2D eigenvalue weighted by molar-refractivity contribution is 8.00. The summed E-state index contributed by atoms with van der Waals surface area (Å²) in [5, 5.41) is 1.06. The van der Waals surface area contributed by atoms with Crippen LogP contribution in [0.25, 0.3) is 20.9 Å². The van der Waals surface area contributed by atoms with Gasteiger partial charge >= 0.3 is 0 Å². The van der Waals surface area contributed by atoms with E-state index >= 15 is 0 Å². The number of nitrogens with zero attached hydrogens (tertiary/aromatic N) is 2. The number of halogens is 2. The van der Waals surface area contributed by atoms with Crippen molar-refractivity contribution in [3.8, 4) is 20.9 Å². The molecule has 0 aliphatic carbocycles. The standard InChI is InChI=1S/C24H17Cl2N3OS2/c1-29-13-16-8-14(2-4-19(16)24(29)30)22-6-7-23(31-22)15-9-17(12-27-11-15)28-32-18-3-5-20(25)21(26)10-18/h2-12,28H,13H2,1H3. The highest BCUT2D eigenvalue weighted by atomic mass is 35.5. The van der Waals surface area contributed by atoms with Crippen molar-refractivity contribution in [1.82, 2.24) is 9.88 Å². The molecular formula is C24H17Cl2N3OS2. The average Bonchev–Trinajstić information content (AvgIpc) is 3.40. The summed E-state index contributed by atoms with van der Waals surface area (Å²) in [5.74, 6) is 0.0903. The van der Waals surface area contributed by atoms with E-state index in [9.17, 15) is 4.79 Å². The second-order valence-corrected chi connectivity index (χ2v) is 10.2. The lowest BCUT2D eigenvalue weighted by molar-refractivity contribution is 0.0816. The average molecular weight is 498 g/mol. The fraction of sp³-hybridized carbons (Fsp3) is 0.0833. The molecule has 0 radical (unpaired) electrons. The van der Waals surface area contributed by atoms with Gasteiger partial charge in [0.25, 0.3) is 5.91 Å². The molecule has 0 fully saturated rings. The number of nitrogens with one attached hydrogen (secondary N) is 1. The number of amides is 1. The minimum Gasteiger partial charge on any atom is -0.337 e. The molecule has 4 nitrogen and oxygen atoms in total. The smallest absolute Gasteiger partial charge is 0.254 e. The maximum atomic E-state index is 12.1. The normalized spacial score (nSPS) is 12.8. The van der Waals surface area contributed by atoms with E-state index in [-0.39, 0.29) is 5.91 Å². The molecule has 4 aromatic rings. The van der Waals surface area contributed by atoms with Crippen LogP contribution in [0.3, 0.4) is 0 Å². The highest BCUT2D eigenvalue weighted by Crippen LogP contribution is 2.37. The van der Waals surface area contributed by atoms with E-state index in [1.54, 1.807) is 28.5 Å². The van der Waals surface area contributed by atoms with Crippen LogP contribution in [0.4, 0.5) is 5.69 Å². The Labute approximate surface area is 204 Å². The lowest BCUT2D eigenvalue weighted by Gasteiger charge is -2.07. The van der Waals surface area contributed by atoms with Crippen molar-refractivity contribution in [3.05, 3.63) is 88.2 Å². The molecule has 1 aliphatic rings. The first kappa shape index (κ1) is 21.3. The van der Waals surface area contributed by atoms with Crippen LogP contribution in [0.15, 0.2) is 71.9 Å². The molecule has 0 atom stereocenters. The summed E-state index contributed by atoms with van der Waals surface area (Å²) in [6.45, 7) is 0.661. The number of rotatable bonds is 5. The zero-order chi connectivity index (χ0) is 22.2. The van der Waals surface area contributed by atoms with E-state index in [0.29, 0.717) is 16.6 Å². The first-order chi connectivity index (χ1) is 15.5. The van der Waals surface area contributed by atoms with Gasteiger partial charge in [0.1, 0.15) is 0 Å². The number of hydrogen-bond donors (Lipinski definition) is 1. The fourth-order valence-electron chi connectivity index (χ4n) is 3.56. The Bertz CT molecular complexity index is 1340. The third kappa shape index (κ3) is 4.24. The Morgan fingerprint density at radius 2 is 1.78 bits per heavy atom. The molecule has 0 spiro atoms. The molecule has 0 saturated carbocycles. The molecule has 0 bridgehead atoms. The van der Waals surface area contributed by atoms with Gasteiger partial charge in [0.05, 0.1) is 21.9 Å². The number of carbonyl (C=O) groups is 1. The zero-order valence-corrected chi connectivity index (χ0v) is 20.1. The fourth-order valence-corrected chi connectivity index (χ4v) is 5.56. The largest absolute Gasteiger partial charge is 0.337 e. The predicted molar refractivity (Wildman–Crippen MR) is 135 cm³/mol. The minimum atomic E-state index is 0.0903. The predicted octanol–water partition coefficient (Wildman–Crippen LogP) is 7.49. The van der Waals surface area contributed by atoms with Gasteiger partial charge in [-0.25, -0.2) is 0 Å². The van der Waals surface area contributed by atoms with Gasteiger partial charge in [0.2, 0.25) is 0 Å². The first-order valence-corrected chi connectivity index (χ1v) is 12.2. The van der Waals surface area contributed by atoms with E-state index < -0.39 is 0 Å². The molecule has 1 N–H and O–H groups in total. The Morgan fingerprint density at radius 3 is 2.59 bits per heavy atom. The Balaban J connectivity index is 1.34. The molecule has 1 amide bonds. The van der Waals surface area contributed by atoms with Crippen LogP contribution < -0.4 is 4.72 Å². The lowest BCUT2D eigenvalue weighted by Crippen LogP contribution is -2.17. The molecule has 5 rings (SSSR count). The van der Waals surface area contributed by atoms with Gasteiger partial charge in [-0.1, -0.05) is 29.3 Å². The van der Waals surface area contributed by atoms with Gasteiger partial charge in [-0.05, 0) is 71.6 Å². The van der Waals surface area contributed by atoms with Crippen molar-refractivity contribution >= 4 is 58.1 Å². The number of thiophene rings is 1. The monoisotopic (exact) mass is 497 g/mol. The van der Waals surface area contributed by atoms with Crippen LogP contribution in [0.2, 0.25) is 10.0 Å². The van der Waals surface area contributed by atoms with Crippen molar-refractivity contribution < 1.29 is 4.79 Å². The summed E-state index contributed by atoms with van der Waals surface area (Å²) in [7, 11) is 1.83. The maximum Gasteiger partial charge on any atom is 0.254 e. The van der Waals surface area contributed by atoms with Gasteiger partial charge in [-0.2, -0.15) is 0 Å². The topological polar surface area (TPSA) is 45.2 Å². The van der Waals surface area contributed by atoms with Gasteiger partial charge in [-0.15, -0.1) is 11.3 Å². The van der Waals surface area contributed by atoms with Crippen LogP contribution in [-0.4, -0.2) is 22.8 Å². The number of fused-ring (bicyclic) bond motifs is 1. The molecule has 8 heteroatoms. The zero-order valence-electron chi connectivity index (χ0n) is 16.9. The third-order valence-corrected chi connectivity index (χ3v) is 7.93. The summed E-state index contributed by atoms with van der Waals surface area (Å²) in [4.78, 5) is 21.5. The molecule has 0 unspecified atom stereocenters. The quantitative estimate of drug-likeness (QED) is 0.290. The summed E-state index contributed by atoms with van der Waals surface area (Å²) in [5.41, 5.74) is 4.94. The van der Waals surface area contributed by atoms with E-state index in [0.717, 1.165) is 42.6 Å². The summed E-state index contributed by atoms with van der Waals surface area (Å²) in [6, 6.07) is 17.9. The van der Waals surface area contributed by atoms with Crippen LogP contribution >= 0.6 is 46.5 Å². The number of carbonyl (C=O) groups excluding carboxylic acids is 1. The Morgan fingerprint density at radius 1 is 0.969 bits per heavy atom. The summed E-state index contributed by atoms with van der Waals surface area (Å²) < 4.78 is 3.31. The lowest BCUT2D eigenvalue weighted by atomic mass is 10.1. The van der Waals surface area contributed by atoms with E-state index in [1.807, 2.05) is 37.5 Å². The van der Waals surface area contributed by atoms with Crippen LogP contribution in [0, 0.1) is 0 Å². The maximum absolute atomic E-state index is 12.1. The van der Waals surface area contributed by atoms with Crippen molar-refractivity contribution in [2.24, 2.45) is 0 Å². The first-order valence-electron chi connectivity index (χ1n) is 9.80. The molecule has 160 valence electrons. The van der Waals surface area contributed by atoms with E-state index in [4.69, 9.17) is 23.2 Å².